The minimum atomic E-state index is -0.598. The molecule has 0 fully saturated rings. The van der Waals surface area contributed by atoms with Crippen molar-refractivity contribution in [3.8, 4) is 0 Å². The van der Waals surface area contributed by atoms with Crippen molar-refractivity contribution in [3.05, 3.63) is 29.8 Å². The molecule has 1 amide bonds. The number of hydrogen-bond donors (Lipinski definition) is 1. The predicted octanol–water partition coefficient (Wildman–Crippen LogP) is 3.21. The fraction of sp³-hybridized carbons (Fsp3) is 0.429. The molecule has 0 aliphatic carbocycles. The van der Waals surface area contributed by atoms with E-state index in [2.05, 4.69) is 5.32 Å². The molecular formula is C14H18ClNO3. The fourth-order valence-electron chi connectivity index (χ4n) is 1.32. The number of hydrogen-bond acceptors (Lipinski definition) is 3. The van der Waals surface area contributed by atoms with Gasteiger partial charge >= 0.3 is 5.97 Å². The number of benzene rings is 1. The number of ether oxygens (including phenoxy) is 1. The second-order valence-corrected chi connectivity index (χ2v) is 4.83. The van der Waals surface area contributed by atoms with E-state index in [0.717, 1.165) is 12.8 Å². The van der Waals surface area contributed by atoms with Gasteiger partial charge in [-0.25, -0.2) is 4.79 Å². The molecule has 0 spiro atoms. The van der Waals surface area contributed by atoms with Gasteiger partial charge in [0.05, 0.1) is 12.2 Å². The number of unbranched alkanes of at least 4 members (excludes halogenated alkanes) is 1. The van der Waals surface area contributed by atoms with Crippen molar-refractivity contribution in [1.29, 1.82) is 0 Å². The minimum Gasteiger partial charge on any atom is -0.462 e. The summed E-state index contributed by atoms with van der Waals surface area (Å²) in [6, 6.07) is 6.52. The minimum absolute atomic E-state index is 0.278. The number of amides is 1. The summed E-state index contributed by atoms with van der Waals surface area (Å²) in [5, 5.41) is 2.04. The highest BCUT2D eigenvalue weighted by atomic mass is 35.5. The van der Waals surface area contributed by atoms with Crippen molar-refractivity contribution in [2.45, 2.75) is 32.1 Å². The largest absolute Gasteiger partial charge is 0.462 e. The lowest BCUT2D eigenvalue weighted by atomic mass is 10.2. The van der Waals surface area contributed by atoms with Crippen LogP contribution in [0.3, 0.4) is 0 Å². The van der Waals surface area contributed by atoms with Crippen LogP contribution in [0.1, 0.15) is 37.0 Å². The van der Waals surface area contributed by atoms with E-state index in [-0.39, 0.29) is 11.9 Å². The van der Waals surface area contributed by atoms with Gasteiger partial charge in [0.25, 0.3) is 0 Å². The van der Waals surface area contributed by atoms with Gasteiger partial charge in [-0.3, -0.25) is 4.79 Å². The van der Waals surface area contributed by atoms with Gasteiger partial charge in [-0.1, -0.05) is 13.3 Å². The maximum Gasteiger partial charge on any atom is 0.338 e. The maximum absolute atomic E-state index is 11.6. The van der Waals surface area contributed by atoms with Crippen LogP contribution in [-0.4, -0.2) is 23.9 Å². The monoisotopic (exact) mass is 283 g/mol. The molecule has 4 nitrogen and oxygen atoms in total. The number of rotatable bonds is 6. The zero-order valence-electron chi connectivity index (χ0n) is 11.1. The number of carbonyl (C=O) groups excluding carboxylic acids is 2. The highest BCUT2D eigenvalue weighted by Gasteiger charge is 2.10. The number of halogens is 1. The molecule has 0 saturated heterocycles. The Morgan fingerprint density at radius 3 is 2.47 bits per heavy atom. The Morgan fingerprint density at radius 2 is 1.95 bits per heavy atom. The molecule has 1 rings (SSSR count). The molecule has 0 bridgehead atoms. The lowest BCUT2D eigenvalue weighted by Gasteiger charge is -2.07. The number of esters is 1. The molecular weight excluding hydrogens is 266 g/mol. The normalized spacial score (nSPS) is 11.7. The highest BCUT2D eigenvalue weighted by molar-refractivity contribution is 6.32. The van der Waals surface area contributed by atoms with E-state index >= 15 is 0 Å². The molecule has 0 aliphatic heterocycles. The summed E-state index contributed by atoms with van der Waals surface area (Å²) in [7, 11) is 0. The first-order valence-corrected chi connectivity index (χ1v) is 6.70. The second kappa shape index (κ2) is 7.79. The van der Waals surface area contributed by atoms with Gasteiger partial charge in [0.15, 0.2) is 0 Å². The third-order valence-electron chi connectivity index (χ3n) is 2.48. The van der Waals surface area contributed by atoms with E-state index in [0.29, 0.717) is 17.9 Å². The summed E-state index contributed by atoms with van der Waals surface area (Å²) in [5.41, 5.74) is 1.07. The Labute approximate surface area is 118 Å². The summed E-state index contributed by atoms with van der Waals surface area (Å²) >= 11 is 5.64. The Kier molecular flexibility index (Phi) is 6.36. The number of alkyl halides is 1. The lowest BCUT2D eigenvalue weighted by molar-refractivity contribution is -0.115. The molecule has 0 aliphatic rings. The smallest absolute Gasteiger partial charge is 0.338 e. The van der Waals surface area contributed by atoms with Gasteiger partial charge in [0.1, 0.15) is 5.38 Å². The van der Waals surface area contributed by atoms with E-state index in [4.69, 9.17) is 16.3 Å². The molecule has 104 valence electrons. The molecule has 0 unspecified atom stereocenters. The summed E-state index contributed by atoms with van der Waals surface area (Å²) in [4.78, 5) is 23.0. The average molecular weight is 284 g/mol. The average Bonchev–Trinajstić information content (AvgIpc) is 2.39. The van der Waals surface area contributed by atoms with E-state index in [9.17, 15) is 9.59 Å². The Bertz CT molecular complexity index is 429. The van der Waals surface area contributed by atoms with Gasteiger partial charge in [-0.2, -0.15) is 0 Å². The van der Waals surface area contributed by atoms with Crippen molar-refractivity contribution in [2.75, 3.05) is 11.9 Å². The first-order valence-electron chi connectivity index (χ1n) is 6.26. The van der Waals surface area contributed by atoms with Gasteiger partial charge in [-0.05, 0) is 37.6 Å². The van der Waals surface area contributed by atoms with Crippen LogP contribution in [0.15, 0.2) is 24.3 Å². The molecule has 1 atom stereocenters. The van der Waals surface area contributed by atoms with Crippen LogP contribution in [0.4, 0.5) is 5.69 Å². The molecule has 5 heteroatoms. The molecule has 0 aromatic heterocycles. The summed E-state index contributed by atoms with van der Waals surface area (Å²) in [6.45, 7) is 4.05. The van der Waals surface area contributed by atoms with Crippen molar-refractivity contribution in [2.24, 2.45) is 0 Å². The van der Waals surface area contributed by atoms with Crippen molar-refractivity contribution < 1.29 is 14.3 Å². The molecule has 1 aromatic carbocycles. The van der Waals surface area contributed by atoms with Crippen LogP contribution >= 0.6 is 11.6 Å². The predicted molar refractivity (Wildman–Crippen MR) is 75.6 cm³/mol. The fourth-order valence-corrected chi connectivity index (χ4v) is 1.38. The van der Waals surface area contributed by atoms with E-state index < -0.39 is 5.38 Å². The second-order valence-electron chi connectivity index (χ2n) is 4.17. The first kappa shape index (κ1) is 15.5. The first-order chi connectivity index (χ1) is 9.04. The maximum atomic E-state index is 11.6. The lowest BCUT2D eigenvalue weighted by Crippen LogP contribution is -2.20. The summed E-state index contributed by atoms with van der Waals surface area (Å²) in [6.07, 6.45) is 1.84. The molecule has 0 saturated carbocycles. The van der Waals surface area contributed by atoms with Crippen molar-refractivity contribution in [3.63, 3.8) is 0 Å². The molecule has 1 aromatic rings. The van der Waals surface area contributed by atoms with Crippen LogP contribution < -0.4 is 5.32 Å². The molecule has 0 heterocycles. The Morgan fingerprint density at radius 1 is 1.32 bits per heavy atom. The van der Waals surface area contributed by atoms with Crippen molar-refractivity contribution >= 4 is 29.2 Å². The quantitative estimate of drug-likeness (QED) is 0.495. The number of nitrogens with one attached hydrogen (secondary N) is 1. The Hall–Kier alpha value is -1.55. The van der Waals surface area contributed by atoms with Crippen LogP contribution in [0.5, 0.6) is 0 Å². The molecule has 19 heavy (non-hydrogen) atoms. The standard InChI is InChI=1S/C14H18ClNO3/c1-3-4-9-19-14(18)11-5-7-12(8-6-11)16-13(17)10(2)15/h5-8,10H,3-4,9H2,1-2H3,(H,16,17)/t10-/m0/s1. The van der Waals surface area contributed by atoms with Gasteiger partial charge in [0.2, 0.25) is 5.91 Å². The topological polar surface area (TPSA) is 55.4 Å². The van der Waals surface area contributed by atoms with E-state index in [1.807, 2.05) is 6.92 Å². The van der Waals surface area contributed by atoms with Crippen LogP contribution in [0.25, 0.3) is 0 Å². The number of anilines is 1. The van der Waals surface area contributed by atoms with Gasteiger partial charge in [-0.15, -0.1) is 11.6 Å². The van der Waals surface area contributed by atoms with Crippen LogP contribution in [-0.2, 0) is 9.53 Å². The zero-order chi connectivity index (χ0) is 14.3. The van der Waals surface area contributed by atoms with Crippen LogP contribution in [0.2, 0.25) is 0 Å². The third-order valence-corrected chi connectivity index (χ3v) is 2.68. The SMILES string of the molecule is CCCCOC(=O)c1ccc(NC(=O)[C@H](C)Cl)cc1. The zero-order valence-corrected chi connectivity index (χ0v) is 11.9. The van der Waals surface area contributed by atoms with Crippen molar-refractivity contribution in [1.82, 2.24) is 0 Å². The molecule has 0 radical (unpaired) electrons. The highest BCUT2D eigenvalue weighted by Crippen LogP contribution is 2.12. The van der Waals surface area contributed by atoms with Gasteiger partial charge < -0.3 is 10.1 Å². The van der Waals surface area contributed by atoms with Gasteiger partial charge in [0, 0.05) is 5.69 Å². The molecule has 1 N–H and O–H groups in total. The third kappa shape index (κ3) is 5.30. The Balaban J connectivity index is 2.56. The van der Waals surface area contributed by atoms with Crippen LogP contribution in [0, 0.1) is 0 Å². The van der Waals surface area contributed by atoms with E-state index in [1.165, 1.54) is 0 Å². The number of carbonyl (C=O) groups is 2. The van der Waals surface area contributed by atoms with E-state index in [1.54, 1.807) is 31.2 Å². The summed E-state index contributed by atoms with van der Waals surface area (Å²) < 4.78 is 5.08. The summed E-state index contributed by atoms with van der Waals surface area (Å²) in [5.74, 6) is -0.628.